The highest BCUT2D eigenvalue weighted by Gasteiger charge is 2.24. The zero-order chi connectivity index (χ0) is 16.2. The lowest BCUT2D eigenvalue weighted by atomic mass is 9.95. The molecule has 6 nitrogen and oxygen atoms in total. The van der Waals surface area contributed by atoms with Crippen LogP contribution in [0, 0.1) is 5.82 Å². The molecule has 1 unspecified atom stereocenters. The van der Waals surface area contributed by atoms with Crippen LogP contribution >= 0.6 is 0 Å². The number of fused-ring (bicyclic) bond motifs is 1. The molecule has 2 aromatic heterocycles. The predicted octanol–water partition coefficient (Wildman–Crippen LogP) is 2.49. The van der Waals surface area contributed by atoms with E-state index in [-0.39, 0.29) is 12.6 Å². The third-order valence-electron chi connectivity index (χ3n) is 3.62. The van der Waals surface area contributed by atoms with Crippen LogP contribution in [-0.4, -0.2) is 32.2 Å². The molecule has 120 valence electrons. The summed E-state index contributed by atoms with van der Waals surface area (Å²) >= 11 is 0. The van der Waals surface area contributed by atoms with Gasteiger partial charge < -0.3 is 16.2 Å². The van der Waals surface area contributed by atoms with Gasteiger partial charge in [0.25, 0.3) is 0 Å². The molecule has 0 saturated heterocycles. The second-order valence-corrected chi connectivity index (χ2v) is 5.75. The van der Waals surface area contributed by atoms with Gasteiger partial charge in [-0.3, -0.25) is 0 Å². The zero-order valence-electron chi connectivity index (χ0n) is 12.9. The van der Waals surface area contributed by atoms with Crippen molar-refractivity contribution in [2.24, 2.45) is 0 Å². The highest BCUT2D eigenvalue weighted by Crippen LogP contribution is 2.25. The Morgan fingerprint density at radius 3 is 2.82 bits per heavy atom. The predicted molar refractivity (Wildman–Crippen MR) is 85.0 cm³/mol. The van der Waals surface area contributed by atoms with Crippen LogP contribution in [0.2, 0.25) is 0 Å². The summed E-state index contributed by atoms with van der Waals surface area (Å²) in [4.78, 5) is 12.2. The summed E-state index contributed by atoms with van der Waals surface area (Å²) in [7, 11) is 0. The van der Waals surface area contributed by atoms with Gasteiger partial charge >= 0.3 is 0 Å². The molecule has 0 saturated carbocycles. The summed E-state index contributed by atoms with van der Waals surface area (Å²) < 4.78 is 13.3. The standard InChI is InChI=1S/C15H22FN5O/c1-3-4-5-6-15(2,9-22)21-13-12-11(19-14(17)20-13)7-10(16)8-18-12/h7-8,22H,3-6,9H2,1-2H3,(H3,17,19,20,21). The number of nitrogen functional groups attached to an aromatic ring is 1. The van der Waals surface area contributed by atoms with Crippen LogP contribution in [0.25, 0.3) is 11.0 Å². The Hall–Kier alpha value is -2.02. The average Bonchev–Trinajstić information content (AvgIpc) is 2.46. The second-order valence-electron chi connectivity index (χ2n) is 5.75. The van der Waals surface area contributed by atoms with Gasteiger partial charge in [0.15, 0.2) is 5.82 Å². The number of aromatic nitrogens is 3. The summed E-state index contributed by atoms with van der Waals surface area (Å²) in [5.74, 6) is -0.0313. The number of nitrogens with one attached hydrogen (secondary N) is 1. The molecule has 0 spiro atoms. The van der Waals surface area contributed by atoms with E-state index in [9.17, 15) is 9.50 Å². The minimum atomic E-state index is -0.543. The van der Waals surface area contributed by atoms with E-state index in [1.165, 1.54) is 6.07 Å². The van der Waals surface area contributed by atoms with E-state index in [2.05, 4.69) is 27.2 Å². The largest absolute Gasteiger partial charge is 0.394 e. The number of unbranched alkanes of at least 4 members (excludes halogenated alkanes) is 2. The van der Waals surface area contributed by atoms with Gasteiger partial charge in [0.05, 0.1) is 23.9 Å². The van der Waals surface area contributed by atoms with Gasteiger partial charge in [0.2, 0.25) is 5.95 Å². The smallest absolute Gasteiger partial charge is 0.222 e. The quantitative estimate of drug-likeness (QED) is 0.680. The van der Waals surface area contributed by atoms with E-state index in [0.29, 0.717) is 16.9 Å². The van der Waals surface area contributed by atoms with E-state index in [1.807, 2.05) is 6.92 Å². The molecule has 0 aliphatic carbocycles. The fraction of sp³-hybridized carbons (Fsp3) is 0.533. The Labute approximate surface area is 129 Å². The summed E-state index contributed by atoms with van der Waals surface area (Å²) in [6.45, 7) is 3.99. The number of nitrogens with zero attached hydrogens (tertiary/aromatic N) is 3. The first-order valence-electron chi connectivity index (χ1n) is 7.45. The summed E-state index contributed by atoms with van der Waals surface area (Å²) in [5, 5.41) is 12.9. The minimum absolute atomic E-state index is 0.0382. The van der Waals surface area contributed by atoms with Crippen molar-refractivity contribution >= 4 is 22.8 Å². The second kappa shape index (κ2) is 6.83. The fourth-order valence-electron chi connectivity index (χ4n) is 2.33. The van der Waals surface area contributed by atoms with Crippen LogP contribution in [0.15, 0.2) is 12.3 Å². The molecular formula is C15H22FN5O. The Bertz CT molecular complexity index is 646. The Balaban J connectivity index is 2.32. The molecule has 0 fully saturated rings. The monoisotopic (exact) mass is 307 g/mol. The molecular weight excluding hydrogens is 285 g/mol. The number of aliphatic hydroxyl groups is 1. The number of pyridine rings is 1. The van der Waals surface area contributed by atoms with Crippen molar-refractivity contribution in [2.45, 2.75) is 45.1 Å². The molecule has 2 rings (SSSR count). The van der Waals surface area contributed by atoms with Crippen LogP contribution in [0.4, 0.5) is 16.2 Å². The lowest BCUT2D eigenvalue weighted by Crippen LogP contribution is -2.39. The normalized spacial score (nSPS) is 14.0. The van der Waals surface area contributed by atoms with Crippen molar-refractivity contribution in [3.8, 4) is 0 Å². The van der Waals surface area contributed by atoms with Crippen molar-refractivity contribution in [3.63, 3.8) is 0 Å². The number of halogens is 1. The molecule has 7 heteroatoms. The maximum absolute atomic E-state index is 13.3. The highest BCUT2D eigenvalue weighted by atomic mass is 19.1. The summed E-state index contributed by atoms with van der Waals surface area (Å²) in [5.41, 5.74) is 5.91. The zero-order valence-corrected chi connectivity index (χ0v) is 12.9. The molecule has 1 atom stereocenters. The first-order chi connectivity index (χ1) is 10.5. The van der Waals surface area contributed by atoms with Crippen LogP contribution in [0.1, 0.15) is 39.5 Å². The highest BCUT2D eigenvalue weighted by molar-refractivity contribution is 5.86. The lowest BCUT2D eigenvalue weighted by Gasteiger charge is -2.29. The number of anilines is 2. The third kappa shape index (κ3) is 3.79. The summed E-state index contributed by atoms with van der Waals surface area (Å²) in [6, 6.07) is 1.26. The van der Waals surface area contributed by atoms with Crippen LogP contribution in [0.5, 0.6) is 0 Å². The van der Waals surface area contributed by atoms with Crippen molar-refractivity contribution in [2.75, 3.05) is 17.7 Å². The van der Waals surface area contributed by atoms with Crippen LogP contribution in [-0.2, 0) is 0 Å². The van der Waals surface area contributed by atoms with Gasteiger partial charge in [-0.2, -0.15) is 4.98 Å². The van der Waals surface area contributed by atoms with Crippen molar-refractivity contribution in [1.82, 2.24) is 15.0 Å². The molecule has 2 aromatic rings. The van der Waals surface area contributed by atoms with Crippen molar-refractivity contribution in [3.05, 3.63) is 18.1 Å². The summed E-state index contributed by atoms with van der Waals surface area (Å²) in [6.07, 6.45) is 5.07. The molecule has 2 heterocycles. The Kier molecular flexibility index (Phi) is 5.07. The number of nitrogens with two attached hydrogens (primary N) is 1. The molecule has 0 aromatic carbocycles. The topological polar surface area (TPSA) is 97.0 Å². The Morgan fingerprint density at radius 1 is 1.36 bits per heavy atom. The third-order valence-corrected chi connectivity index (χ3v) is 3.62. The fourth-order valence-corrected chi connectivity index (χ4v) is 2.33. The van der Waals surface area contributed by atoms with E-state index < -0.39 is 11.4 Å². The minimum Gasteiger partial charge on any atom is -0.394 e. The Morgan fingerprint density at radius 2 is 2.14 bits per heavy atom. The number of hydrogen-bond acceptors (Lipinski definition) is 6. The van der Waals surface area contributed by atoms with Gasteiger partial charge in [-0.05, 0) is 13.3 Å². The van der Waals surface area contributed by atoms with Gasteiger partial charge in [-0.25, -0.2) is 14.4 Å². The molecule has 0 amide bonds. The van der Waals surface area contributed by atoms with Gasteiger partial charge in [-0.1, -0.05) is 26.2 Å². The van der Waals surface area contributed by atoms with Gasteiger partial charge in [0, 0.05) is 6.07 Å². The molecule has 0 radical (unpaired) electrons. The maximum atomic E-state index is 13.3. The van der Waals surface area contributed by atoms with Crippen LogP contribution < -0.4 is 11.1 Å². The molecule has 22 heavy (non-hydrogen) atoms. The maximum Gasteiger partial charge on any atom is 0.222 e. The average molecular weight is 307 g/mol. The van der Waals surface area contributed by atoms with Crippen molar-refractivity contribution in [1.29, 1.82) is 0 Å². The first-order valence-corrected chi connectivity index (χ1v) is 7.45. The molecule has 0 bridgehead atoms. The first kappa shape index (κ1) is 16.4. The van der Waals surface area contributed by atoms with E-state index >= 15 is 0 Å². The van der Waals surface area contributed by atoms with E-state index in [0.717, 1.165) is 31.9 Å². The number of hydrogen-bond donors (Lipinski definition) is 3. The molecule has 4 N–H and O–H groups in total. The molecule has 0 aliphatic rings. The lowest BCUT2D eigenvalue weighted by molar-refractivity contribution is 0.211. The van der Waals surface area contributed by atoms with Crippen molar-refractivity contribution < 1.29 is 9.50 Å². The molecule has 0 aliphatic heterocycles. The van der Waals surface area contributed by atoms with Gasteiger partial charge in [0.1, 0.15) is 11.3 Å². The SMILES string of the molecule is CCCCCC(C)(CO)Nc1nc(N)nc2cc(F)cnc12. The number of rotatable bonds is 7. The van der Waals surface area contributed by atoms with Gasteiger partial charge in [-0.15, -0.1) is 0 Å². The van der Waals surface area contributed by atoms with E-state index in [1.54, 1.807) is 0 Å². The van der Waals surface area contributed by atoms with Crippen LogP contribution in [0.3, 0.4) is 0 Å². The number of aliphatic hydroxyl groups excluding tert-OH is 1. The van der Waals surface area contributed by atoms with E-state index in [4.69, 9.17) is 5.73 Å².